The van der Waals surface area contributed by atoms with Crippen LogP contribution in [0, 0.1) is 5.92 Å². The van der Waals surface area contributed by atoms with Gasteiger partial charge in [0, 0.05) is 12.8 Å². The Hall–Kier alpha value is -2.46. The van der Waals surface area contributed by atoms with Gasteiger partial charge in [0.15, 0.2) is 15.8 Å². The van der Waals surface area contributed by atoms with E-state index in [0.29, 0.717) is 4.88 Å². The van der Waals surface area contributed by atoms with Gasteiger partial charge >= 0.3 is 11.9 Å². The smallest absolute Gasteiger partial charge is 0.320 e. The Labute approximate surface area is 160 Å². The number of esters is 2. The van der Waals surface area contributed by atoms with Crippen molar-refractivity contribution in [3.63, 3.8) is 0 Å². The number of hydrogen-bond acceptors (Lipinski definition) is 8. The van der Waals surface area contributed by atoms with Gasteiger partial charge in [0.25, 0.3) is 0 Å². The molecule has 146 valence electrons. The molecule has 2 heterocycles. The molecule has 0 atom stereocenters. The van der Waals surface area contributed by atoms with E-state index < -0.39 is 27.7 Å². The summed E-state index contributed by atoms with van der Waals surface area (Å²) in [6.07, 6.45) is 0.942. The van der Waals surface area contributed by atoms with Gasteiger partial charge in [0.1, 0.15) is 5.03 Å². The molecule has 0 radical (unpaired) electrons. The number of aromatic nitrogens is 1. The molecule has 0 bridgehead atoms. The summed E-state index contributed by atoms with van der Waals surface area (Å²) in [7, 11) is -1.35. The first-order valence-electron chi connectivity index (χ1n) is 7.84. The number of sulfone groups is 1. The standard InChI is InChI=1S/C17H19NO7S2/c1-24-16(20)11(17(21)25-2)8-9-18-12(6-7-14(18)27(3,22)23)15(19)13-5-4-10-26-13/h4-7,10-11H,8-9H2,1-3H3. The van der Waals surface area contributed by atoms with Gasteiger partial charge in [-0.2, -0.15) is 0 Å². The zero-order chi connectivity index (χ0) is 20.2. The van der Waals surface area contributed by atoms with Crippen molar-refractivity contribution >= 4 is 38.9 Å². The van der Waals surface area contributed by atoms with Crippen LogP contribution in [0.5, 0.6) is 0 Å². The third kappa shape index (κ3) is 4.64. The Morgan fingerprint density at radius 1 is 1.11 bits per heavy atom. The second kappa shape index (κ2) is 8.49. The third-order valence-corrected chi connectivity index (χ3v) is 5.90. The zero-order valence-electron chi connectivity index (χ0n) is 15.0. The van der Waals surface area contributed by atoms with Gasteiger partial charge in [-0.25, -0.2) is 8.42 Å². The predicted molar refractivity (Wildman–Crippen MR) is 97.4 cm³/mol. The average molecular weight is 413 g/mol. The van der Waals surface area contributed by atoms with Crippen LogP contribution in [-0.4, -0.2) is 51.2 Å². The number of nitrogens with zero attached hydrogens (tertiary/aromatic N) is 1. The summed E-state index contributed by atoms with van der Waals surface area (Å²) in [5, 5.41) is 1.67. The normalized spacial score (nSPS) is 11.4. The van der Waals surface area contributed by atoms with E-state index in [1.165, 1.54) is 28.0 Å². The van der Waals surface area contributed by atoms with Crippen molar-refractivity contribution in [2.75, 3.05) is 20.5 Å². The van der Waals surface area contributed by atoms with E-state index >= 15 is 0 Å². The minimum absolute atomic E-state index is 0.0588. The quantitative estimate of drug-likeness (QED) is 0.367. The van der Waals surface area contributed by atoms with Crippen molar-refractivity contribution in [3.8, 4) is 0 Å². The molecular weight excluding hydrogens is 394 g/mol. The number of carbonyl (C=O) groups excluding carboxylic acids is 3. The Morgan fingerprint density at radius 3 is 2.22 bits per heavy atom. The Kier molecular flexibility index (Phi) is 6.55. The average Bonchev–Trinajstić information content (AvgIpc) is 3.30. The topological polar surface area (TPSA) is 109 Å². The van der Waals surface area contributed by atoms with Gasteiger partial charge in [-0.15, -0.1) is 11.3 Å². The summed E-state index contributed by atoms with van der Waals surface area (Å²) in [6.45, 7) is -0.0588. The van der Waals surface area contributed by atoms with Gasteiger partial charge < -0.3 is 14.0 Å². The number of ether oxygens (including phenoxy) is 2. The fourth-order valence-electron chi connectivity index (χ4n) is 2.61. The number of ketones is 1. The molecule has 0 saturated heterocycles. The molecule has 2 rings (SSSR count). The SMILES string of the molecule is COC(=O)C(CCn1c(C(=O)c2cccs2)ccc1S(C)(=O)=O)C(=O)OC. The van der Waals surface area contributed by atoms with E-state index in [0.717, 1.165) is 20.5 Å². The highest BCUT2D eigenvalue weighted by atomic mass is 32.2. The Balaban J connectivity index is 2.41. The van der Waals surface area contributed by atoms with Crippen LogP contribution in [-0.2, 0) is 35.4 Å². The predicted octanol–water partition coefficient (Wildman–Crippen LogP) is 1.54. The van der Waals surface area contributed by atoms with Crippen molar-refractivity contribution < 1.29 is 32.3 Å². The lowest BCUT2D eigenvalue weighted by Crippen LogP contribution is -2.28. The van der Waals surface area contributed by atoms with E-state index in [1.54, 1.807) is 17.5 Å². The molecule has 27 heavy (non-hydrogen) atoms. The van der Waals surface area contributed by atoms with E-state index in [1.807, 2.05) is 0 Å². The lowest BCUT2D eigenvalue weighted by Gasteiger charge is -2.16. The summed E-state index contributed by atoms with van der Waals surface area (Å²) in [5.74, 6) is -3.14. The first kappa shape index (κ1) is 20.8. The number of thiophene rings is 1. The van der Waals surface area contributed by atoms with Crippen LogP contribution in [0.4, 0.5) is 0 Å². The van der Waals surface area contributed by atoms with Crippen LogP contribution >= 0.6 is 11.3 Å². The molecule has 2 aromatic rings. The molecule has 0 aliphatic carbocycles. The number of carbonyl (C=O) groups is 3. The lowest BCUT2D eigenvalue weighted by molar-refractivity contribution is -0.159. The van der Waals surface area contributed by atoms with E-state index in [9.17, 15) is 22.8 Å². The van der Waals surface area contributed by atoms with Gasteiger partial charge in [-0.05, 0) is 30.0 Å². The van der Waals surface area contributed by atoms with E-state index in [4.69, 9.17) is 0 Å². The van der Waals surface area contributed by atoms with Crippen molar-refractivity contribution in [1.29, 1.82) is 0 Å². The van der Waals surface area contributed by atoms with Gasteiger partial charge in [-0.3, -0.25) is 14.4 Å². The van der Waals surface area contributed by atoms with E-state index in [2.05, 4.69) is 9.47 Å². The maximum atomic E-state index is 12.7. The summed E-state index contributed by atoms with van der Waals surface area (Å²) < 4.78 is 34.7. The van der Waals surface area contributed by atoms with Crippen molar-refractivity contribution in [1.82, 2.24) is 4.57 Å². The number of methoxy groups -OCH3 is 2. The molecular formula is C17H19NO7S2. The highest BCUT2D eigenvalue weighted by Crippen LogP contribution is 2.22. The van der Waals surface area contributed by atoms with Crippen LogP contribution < -0.4 is 0 Å². The highest BCUT2D eigenvalue weighted by Gasteiger charge is 2.30. The molecule has 0 saturated carbocycles. The number of hydrogen-bond donors (Lipinski definition) is 0. The fraction of sp³-hybridized carbons (Fsp3) is 0.353. The first-order valence-corrected chi connectivity index (χ1v) is 10.6. The molecule has 0 aromatic carbocycles. The minimum Gasteiger partial charge on any atom is -0.468 e. The zero-order valence-corrected chi connectivity index (χ0v) is 16.6. The molecule has 8 nitrogen and oxygen atoms in total. The summed E-state index contributed by atoms with van der Waals surface area (Å²) >= 11 is 1.23. The van der Waals surface area contributed by atoms with Crippen molar-refractivity contribution in [3.05, 3.63) is 40.2 Å². The minimum atomic E-state index is -3.63. The molecule has 0 N–H and O–H groups in total. The monoisotopic (exact) mass is 413 g/mol. The molecule has 0 fully saturated rings. The van der Waals surface area contributed by atoms with Crippen LogP contribution in [0.15, 0.2) is 34.7 Å². The molecule has 0 aliphatic rings. The molecule has 0 unspecified atom stereocenters. The Morgan fingerprint density at radius 2 is 1.74 bits per heavy atom. The Bertz CT molecular complexity index is 926. The third-order valence-electron chi connectivity index (χ3n) is 3.91. The maximum Gasteiger partial charge on any atom is 0.320 e. The van der Waals surface area contributed by atoms with Gasteiger partial charge in [0.2, 0.25) is 5.78 Å². The van der Waals surface area contributed by atoms with Crippen LogP contribution in [0.1, 0.15) is 21.8 Å². The lowest BCUT2D eigenvalue weighted by atomic mass is 10.1. The summed E-state index contributed by atoms with van der Waals surface area (Å²) in [6, 6.07) is 6.11. The van der Waals surface area contributed by atoms with Gasteiger partial charge in [0.05, 0.1) is 24.8 Å². The molecule has 10 heteroatoms. The fourth-order valence-corrected chi connectivity index (χ4v) is 4.19. The first-order chi connectivity index (χ1) is 12.7. The van der Waals surface area contributed by atoms with Crippen LogP contribution in [0.3, 0.4) is 0 Å². The summed E-state index contributed by atoms with van der Waals surface area (Å²) in [5.41, 5.74) is 0.159. The number of rotatable bonds is 8. The van der Waals surface area contributed by atoms with Crippen molar-refractivity contribution in [2.24, 2.45) is 5.92 Å². The second-order valence-corrected chi connectivity index (χ2v) is 8.58. The molecule has 0 amide bonds. The second-order valence-electron chi connectivity index (χ2n) is 5.67. The van der Waals surface area contributed by atoms with Crippen LogP contribution in [0.25, 0.3) is 0 Å². The van der Waals surface area contributed by atoms with Gasteiger partial charge in [-0.1, -0.05) is 6.07 Å². The maximum absolute atomic E-state index is 12.7. The van der Waals surface area contributed by atoms with Crippen LogP contribution in [0.2, 0.25) is 0 Å². The molecule has 0 aliphatic heterocycles. The molecule has 2 aromatic heterocycles. The van der Waals surface area contributed by atoms with E-state index in [-0.39, 0.29) is 29.5 Å². The highest BCUT2D eigenvalue weighted by molar-refractivity contribution is 7.90. The largest absolute Gasteiger partial charge is 0.468 e. The molecule has 0 spiro atoms. The van der Waals surface area contributed by atoms with Crippen molar-refractivity contribution in [2.45, 2.75) is 18.0 Å². The summed E-state index contributed by atoms with van der Waals surface area (Å²) in [4.78, 5) is 36.8.